The van der Waals surface area contributed by atoms with E-state index in [1.54, 1.807) is 30.5 Å². The zero-order valence-electron chi connectivity index (χ0n) is 17.7. The summed E-state index contributed by atoms with van der Waals surface area (Å²) in [4.78, 5) is 24.9. The third-order valence-electron chi connectivity index (χ3n) is 5.55. The third kappa shape index (κ3) is 5.03. The molecule has 1 amide bonds. The van der Waals surface area contributed by atoms with Crippen molar-refractivity contribution in [1.29, 1.82) is 0 Å². The van der Waals surface area contributed by atoms with Crippen molar-refractivity contribution >= 4 is 29.8 Å². The molecule has 4 rings (SSSR count). The monoisotopic (exact) mass is 438 g/mol. The molecule has 31 heavy (non-hydrogen) atoms. The first-order valence-corrected chi connectivity index (χ1v) is 10.3. The predicted molar refractivity (Wildman–Crippen MR) is 125 cm³/mol. The topological polar surface area (TPSA) is 76.0 Å². The molecule has 0 saturated carbocycles. The van der Waals surface area contributed by atoms with Gasteiger partial charge in [-0.3, -0.25) is 9.59 Å². The third-order valence-corrected chi connectivity index (χ3v) is 5.55. The second-order valence-electron chi connectivity index (χ2n) is 7.81. The summed E-state index contributed by atoms with van der Waals surface area (Å²) in [6.07, 6.45) is 3.57. The van der Waals surface area contributed by atoms with Gasteiger partial charge in [0, 0.05) is 17.2 Å². The first kappa shape index (κ1) is 22.7. The Bertz CT molecular complexity index is 1090. The number of aryl methyl sites for hydroxylation is 1. The molecule has 1 fully saturated rings. The molecule has 2 aromatic carbocycles. The van der Waals surface area contributed by atoms with Crippen LogP contribution in [0.2, 0.25) is 0 Å². The normalized spacial score (nSPS) is 14.0. The number of amides is 1. The number of hydrogen-bond acceptors (Lipinski definition) is 4. The van der Waals surface area contributed by atoms with Crippen molar-refractivity contribution in [1.82, 2.24) is 15.1 Å². The second-order valence-corrected chi connectivity index (χ2v) is 7.81. The van der Waals surface area contributed by atoms with E-state index in [9.17, 15) is 9.59 Å². The van der Waals surface area contributed by atoms with Gasteiger partial charge in [0.05, 0.1) is 23.1 Å². The Balaban J connectivity index is 0.00000272. The van der Waals surface area contributed by atoms with Crippen molar-refractivity contribution < 1.29 is 9.59 Å². The number of anilines is 1. The maximum Gasteiger partial charge on any atom is 0.259 e. The molecule has 0 radical (unpaired) electrons. The largest absolute Gasteiger partial charge is 0.322 e. The van der Waals surface area contributed by atoms with Crippen LogP contribution >= 0.6 is 12.4 Å². The van der Waals surface area contributed by atoms with Crippen LogP contribution in [0, 0.1) is 6.92 Å². The van der Waals surface area contributed by atoms with Gasteiger partial charge in [-0.1, -0.05) is 24.3 Å². The van der Waals surface area contributed by atoms with Crippen LogP contribution in [0.15, 0.2) is 54.7 Å². The molecule has 0 bridgehead atoms. The van der Waals surface area contributed by atoms with Crippen LogP contribution in [0.25, 0.3) is 5.69 Å². The zero-order chi connectivity index (χ0) is 21.1. The van der Waals surface area contributed by atoms with E-state index in [-0.39, 0.29) is 30.0 Å². The molecule has 0 spiro atoms. The Labute approximate surface area is 188 Å². The highest BCUT2D eigenvalue weighted by atomic mass is 35.5. The Kier molecular flexibility index (Phi) is 7.25. The Morgan fingerprint density at radius 2 is 1.84 bits per heavy atom. The summed E-state index contributed by atoms with van der Waals surface area (Å²) < 4.78 is 1.91. The van der Waals surface area contributed by atoms with Gasteiger partial charge < -0.3 is 10.6 Å². The van der Waals surface area contributed by atoms with Gasteiger partial charge in [0.25, 0.3) is 5.91 Å². The SMILES string of the molecule is CC(=O)c1cccc(NC(=O)c2cnn(-c3cccc(C)c3)c2C2CCNCC2)c1.Cl. The van der Waals surface area contributed by atoms with Gasteiger partial charge in [-0.2, -0.15) is 5.10 Å². The summed E-state index contributed by atoms with van der Waals surface area (Å²) in [5.74, 6) is 0.00969. The first-order chi connectivity index (χ1) is 14.5. The Morgan fingerprint density at radius 3 is 2.55 bits per heavy atom. The number of halogens is 1. The number of ketones is 1. The molecule has 1 saturated heterocycles. The van der Waals surface area contributed by atoms with Crippen LogP contribution in [0.3, 0.4) is 0 Å². The maximum atomic E-state index is 13.2. The highest BCUT2D eigenvalue weighted by Gasteiger charge is 2.27. The van der Waals surface area contributed by atoms with Crippen LogP contribution in [0.4, 0.5) is 5.69 Å². The first-order valence-electron chi connectivity index (χ1n) is 10.3. The number of piperidine rings is 1. The minimum absolute atomic E-state index is 0. The lowest BCUT2D eigenvalue weighted by Crippen LogP contribution is -2.29. The lowest BCUT2D eigenvalue weighted by molar-refractivity contribution is 0.101. The van der Waals surface area contributed by atoms with E-state index in [2.05, 4.69) is 21.8 Å². The second kappa shape index (κ2) is 9.90. The summed E-state index contributed by atoms with van der Waals surface area (Å²) in [5, 5.41) is 10.9. The highest BCUT2D eigenvalue weighted by molar-refractivity contribution is 6.06. The maximum absolute atomic E-state index is 13.2. The summed E-state index contributed by atoms with van der Waals surface area (Å²) in [5.41, 5.74) is 4.81. The van der Waals surface area contributed by atoms with Crippen LogP contribution in [-0.4, -0.2) is 34.6 Å². The van der Waals surface area contributed by atoms with Gasteiger partial charge in [-0.05, 0) is 69.6 Å². The lowest BCUT2D eigenvalue weighted by atomic mass is 9.91. The number of hydrogen-bond donors (Lipinski definition) is 2. The van der Waals surface area contributed by atoms with E-state index in [1.165, 1.54) is 6.92 Å². The summed E-state index contributed by atoms with van der Waals surface area (Å²) in [6, 6.07) is 15.2. The quantitative estimate of drug-likeness (QED) is 0.574. The summed E-state index contributed by atoms with van der Waals surface area (Å²) >= 11 is 0. The van der Waals surface area contributed by atoms with Crippen molar-refractivity contribution in [2.75, 3.05) is 18.4 Å². The average Bonchev–Trinajstić information content (AvgIpc) is 3.20. The lowest BCUT2D eigenvalue weighted by Gasteiger charge is -2.24. The van der Waals surface area contributed by atoms with E-state index in [1.807, 2.05) is 29.8 Å². The molecule has 7 heteroatoms. The molecule has 3 aromatic rings. The van der Waals surface area contributed by atoms with E-state index >= 15 is 0 Å². The van der Waals surface area contributed by atoms with Crippen molar-refractivity contribution in [3.8, 4) is 5.69 Å². The van der Waals surface area contributed by atoms with Crippen LogP contribution in [0.5, 0.6) is 0 Å². The smallest absolute Gasteiger partial charge is 0.259 e. The molecule has 6 nitrogen and oxygen atoms in total. The fraction of sp³-hybridized carbons (Fsp3) is 0.292. The number of benzene rings is 2. The number of nitrogens with zero attached hydrogens (tertiary/aromatic N) is 2. The molecule has 2 heterocycles. The van der Waals surface area contributed by atoms with Crippen molar-refractivity contribution in [3.63, 3.8) is 0 Å². The zero-order valence-corrected chi connectivity index (χ0v) is 18.5. The van der Waals surface area contributed by atoms with Gasteiger partial charge >= 0.3 is 0 Å². The fourth-order valence-electron chi connectivity index (χ4n) is 4.00. The molecule has 1 aromatic heterocycles. The van der Waals surface area contributed by atoms with Gasteiger partial charge in [0.1, 0.15) is 0 Å². The molecule has 0 atom stereocenters. The molecule has 1 aliphatic heterocycles. The standard InChI is InChI=1S/C24H26N4O2.ClH/c1-16-5-3-8-21(13-16)28-23(18-9-11-25-12-10-18)22(15-26-28)24(30)27-20-7-4-6-19(14-20)17(2)29;/h3-8,13-15,18,25H,9-12H2,1-2H3,(H,27,30);1H. The van der Waals surface area contributed by atoms with Crippen molar-refractivity contribution in [3.05, 3.63) is 77.1 Å². The van der Waals surface area contributed by atoms with E-state index < -0.39 is 0 Å². The van der Waals surface area contributed by atoms with Gasteiger partial charge in [-0.25, -0.2) is 4.68 Å². The summed E-state index contributed by atoms with van der Waals surface area (Å²) in [6.45, 7) is 5.41. The van der Waals surface area contributed by atoms with Crippen molar-refractivity contribution in [2.24, 2.45) is 0 Å². The van der Waals surface area contributed by atoms with Crippen molar-refractivity contribution in [2.45, 2.75) is 32.6 Å². The highest BCUT2D eigenvalue weighted by Crippen LogP contribution is 2.31. The molecule has 2 N–H and O–H groups in total. The predicted octanol–water partition coefficient (Wildman–Crippen LogP) is 4.52. The summed E-state index contributed by atoms with van der Waals surface area (Å²) in [7, 11) is 0. The number of rotatable bonds is 5. The van der Waals surface area contributed by atoms with E-state index in [0.29, 0.717) is 16.8 Å². The molecule has 162 valence electrons. The molecular weight excluding hydrogens is 412 g/mol. The molecule has 0 unspecified atom stereocenters. The molecule has 0 aliphatic carbocycles. The Morgan fingerprint density at radius 1 is 1.10 bits per heavy atom. The van der Waals surface area contributed by atoms with E-state index in [4.69, 9.17) is 0 Å². The van der Waals surface area contributed by atoms with Gasteiger partial charge in [-0.15, -0.1) is 12.4 Å². The van der Waals surface area contributed by atoms with E-state index in [0.717, 1.165) is 42.9 Å². The van der Waals surface area contributed by atoms with Crippen LogP contribution in [0.1, 0.15) is 57.7 Å². The Hall–Kier alpha value is -2.96. The average molecular weight is 439 g/mol. The fourth-order valence-corrected chi connectivity index (χ4v) is 4.00. The van der Waals surface area contributed by atoms with Crippen LogP contribution in [-0.2, 0) is 0 Å². The minimum atomic E-state index is -0.205. The number of aromatic nitrogens is 2. The minimum Gasteiger partial charge on any atom is -0.322 e. The number of nitrogens with one attached hydrogen (secondary N) is 2. The number of carbonyl (C=O) groups is 2. The molecular formula is C24H27ClN4O2. The molecule has 1 aliphatic rings. The van der Waals surface area contributed by atoms with Crippen LogP contribution < -0.4 is 10.6 Å². The number of carbonyl (C=O) groups excluding carboxylic acids is 2. The number of Topliss-reactive ketones (excluding diaryl/α,β-unsaturated/α-hetero) is 1. The van der Waals surface area contributed by atoms with Gasteiger partial charge in [0.2, 0.25) is 0 Å². The van der Waals surface area contributed by atoms with Gasteiger partial charge in [0.15, 0.2) is 5.78 Å².